The Bertz CT molecular complexity index is 845. The van der Waals surface area contributed by atoms with Gasteiger partial charge in [-0.1, -0.05) is 6.07 Å². The van der Waals surface area contributed by atoms with Gasteiger partial charge in [-0.05, 0) is 57.8 Å². The van der Waals surface area contributed by atoms with E-state index in [-0.39, 0.29) is 47.5 Å². The molecule has 5 atom stereocenters. The molecule has 2 fully saturated rings. The van der Waals surface area contributed by atoms with Crippen molar-refractivity contribution >= 4 is 5.97 Å². The van der Waals surface area contributed by atoms with Gasteiger partial charge >= 0.3 is 5.97 Å². The Morgan fingerprint density at radius 3 is 3.00 bits per heavy atom. The lowest BCUT2D eigenvalue weighted by atomic mass is 9.48. The number of rotatable bonds is 5. The summed E-state index contributed by atoms with van der Waals surface area (Å²) in [7, 11) is 4.00. The highest BCUT2D eigenvalue weighted by molar-refractivity contribution is 5.71. The van der Waals surface area contributed by atoms with E-state index in [1.165, 1.54) is 5.56 Å². The van der Waals surface area contributed by atoms with E-state index in [4.69, 9.17) is 14.2 Å². The van der Waals surface area contributed by atoms with E-state index in [2.05, 4.69) is 17.3 Å². The van der Waals surface area contributed by atoms with Crippen molar-refractivity contribution in [3.63, 3.8) is 0 Å². The minimum atomic E-state index is -0.362. The molecule has 1 saturated carbocycles. The zero-order valence-corrected chi connectivity index (χ0v) is 17.4. The molecular formula is C22H30N2O5. The van der Waals surface area contributed by atoms with E-state index >= 15 is 0 Å². The van der Waals surface area contributed by atoms with E-state index < -0.39 is 0 Å². The SMILES string of the molecule is CCOC(=O)CN[C@@H]1CC[C@@]2(OC)C3Cc4ccc(O)c5c4[C@@]2(CCN3C)[C@H]1O5. The number of aromatic hydroxyl groups is 1. The number of carbonyl (C=O) groups is 1. The molecule has 1 spiro atoms. The highest BCUT2D eigenvalue weighted by Crippen LogP contribution is 2.66. The minimum Gasteiger partial charge on any atom is -0.504 e. The first-order valence-corrected chi connectivity index (χ1v) is 10.6. The normalized spacial score (nSPS) is 37.0. The molecule has 0 radical (unpaired) electrons. The predicted octanol–water partition coefficient (Wildman–Crippen LogP) is 1.35. The van der Waals surface area contributed by atoms with Gasteiger partial charge in [-0.3, -0.25) is 4.79 Å². The molecule has 2 bridgehead atoms. The highest BCUT2D eigenvalue weighted by atomic mass is 16.5. The van der Waals surface area contributed by atoms with Gasteiger partial charge in [0.15, 0.2) is 11.5 Å². The van der Waals surface area contributed by atoms with Crippen molar-refractivity contribution in [3.05, 3.63) is 23.3 Å². The van der Waals surface area contributed by atoms with E-state index in [9.17, 15) is 9.90 Å². The molecule has 1 aromatic rings. The second-order valence-corrected chi connectivity index (χ2v) is 8.83. The van der Waals surface area contributed by atoms with Gasteiger partial charge in [-0.15, -0.1) is 0 Å². The lowest BCUT2D eigenvalue weighted by Crippen LogP contribution is -2.78. The van der Waals surface area contributed by atoms with Crippen molar-refractivity contribution in [1.82, 2.24) is 10.2 Å². The summed E-state index contributed by atoms with van der Waals surface area (Å²) in [5.74, 6) is 0.554. The summed E-state index contributed by atoms with van der Waals surface area (Å²) in [6, 6.07) is 4.05. The number of piperidine rings is 1. The van der Waals surface area contributed by atoms with Gasteiger partial charge in [-0.25, -0.2) is 0 Å². The van der Waals surface area contributed by atoms with Crippen LogP contribution in [-0.2, 0) is 26.1 Å². The summed E-state index contributed by atoms with van der Waals surface area (Å²) in [5, 5.41) is 14.0. The first kappa shape index (κ1) is 19.2. The van der Waals surface area contributed by atoms with Crippen LogP contribution in [0.25, 0.3) is 0 Å². The van der Waals surface area contributed by atoms with Gasteiger partial charge < -0.3 is 29.5 Å². The average Bonchev–Trinajstić information content (AvgIpc) is 3.07. The third-order valence-electron chi connectivity index (χ3n) is 7.87. The van der Waals surface area contributed by atoms with Gasteiger partial charge in [0.25, 0.3) is 0 Å². The minimum absolute atomic E-state index is 0.00973. The van der Waals surface area contributed by atoms with Crippen LogP contribution in [0.4, 0.5) is 0 Å². The van der Waals surface area contributed by atoms with Gasteiger partial charge in [0.1, 0.15) is 6.10 Å². The van der Waals surface area contributed by atoms with Crippen molar-refractivity contribution in [2.24, 2.45) is 0 Å². The number of carbonyl (C=O) groups excluding carboxylic acids is 1. The molecule has 0 aromatic heterocycles. The first-order chi connectivity index (χ1) is 14.0. The fourth-order valence-corrected chi connectivity index (χ4v) is 6.78. The van der Waals surface area contributed by atoms with Crippen LogP contribution in [0.15, 0.2) is 12.1 Å². The van der Waals surface area contributed by atoms with Crippen LogP contribution < -0.4 is 10.1 Å². The Kier molecular flexibility index (Phi) is 4.35. The first-order valence-electron chi connectivity index (χ1n) is 10.6. The van der Waals surface area contributed by atoms with Crippen LogP contribution >= 0.6 is 0 Å². The lowest BCUT2D eigenvalue weighted by Gasteiger charge is -2.65. The molecule has 0 amide bonds. The molecule has 2 N–H and O–H groups in total. The average molecular weight is 402 g/mol. The smallest absolute Gasteiger partial charge is 0.319 e. The zero-order valence-electron chi connectivity index (χ0n) is 17.4. The van der Waals surface area contributed by atoms with Crippen molar-refractivity contribution in [2.45, 2.75) is 61.8 Å². The van der Waals surface area contributed by atoms with Crippen molar-refractivity contribution < 1.29 is 24.1 Å². The zero-order chi connectivity index (χ0) is 20.4. The summed E-state index contributed by atoms with van der Waals surface area (Å²) in [5.41, 5.74) is 1.69. The lowest BCUT2D eigenvalue weighted by molar-refractivity contribution is -0.203. The standard InChI is InChI=1S/C22H30N2O5/c1-4-28-17(26)12-23-14-7-8-22(27-3)16-11-13-5-6-15(25)19-18(13)21(22,20(14)29-19)9-10-24(16)2/h5-6,14,16,20,23,25H,4,7-12H2,1-3H3/t14-,16?,20+,21+,22-/m1/s1. The second kappa shape index (κ2) is 6.59. The quantitative estimate of drug-likeness (QED) is 0.720. The molecule has 4 aliphatic rings. The van der Waals surface area contributed by atoms with Crippen LogP contribution in [0.1, 0.15) is 37.3 Å². The van der Waals surface area contributed by atoms with E-state index in [0.717, 1.165) is 37.8 Å². The molecule has 2 aliphatic heterocycles. The van der Waals surface area contributed by atoms with E-state index in [1.807, 2.05) is 20.1 Å². The number of phenols is 1. The molecular weight excluding hydrogens is 372 g/mol. The third-order valence-corrected chi connectivity index (χ3v) is 7.87. The number of hydrogen-bond donors (Lipinski definition) is 2. The van der Waals surface area contributed by atoms with Crippen molar-refractivity contribution in [1.29, 1.82) is 0 Å². The van der Waals surface area contributed by atoms with Gasteiger partial charge in [0.05, 0.1) is 24.2 Å². The Morgan fingerprint density at radius 1 is 1.41 bits per heavy atom. The summed E-state index contributed by atoms with van der Waals surface area (Å²) in [6.07, 6.45) is 3.33. The molecule has 7 nitrogen and oxygen atoms in total. The number of hydrogen-bond acceptors (Lipinski definition) is 7. The highest BCUT2D eigenvalue weighted by Gasteiger charge is 2.73. The molecule has 7 heteroatoms. The Morgan fingerprint density at radius 2 is 2.24 bits per heavy atom. The number of likely N-dealkylation sites (tertiary alicyclic amines) is 1. The number of nitrogens with one attached hydrogen (secondary N) is 1. The number of benzene rings is 1. The Hall–Kier alpha value is -1.83. The van der Waals surface area contributed by atoms with Crippen LogP contribution in [0.3, 0.4) is 0 Å². The molecule has 5 rings (SSSR count). The molecule has 1 saturated heterocycles. The van der Waals surface area contributed by atoms with Crippen molar-refractivity contribution in [3.8, 4) is 11.5 Å². The fraction of sp³-hybridized carbons (Fsp3) is 0.682. The number of esters is 1. The predicted molar refractivity (Wildman–Crippen MR) is 106 cm³/mol. The molecule has 1 aromatic carbocycles. The number of nitrogens with zero attached hydrogens (tertiary/aromatic N) is 1. The number of ether oxygens (including phenoxy) is 3. The maximum Gasteiger partial charge on any atom is 0.319 e. The van der Waals surface area contributed by atoms with Crippen LogP contribution in [-0.4, -0.2) is 73.6 Å². The molecule has 2 aliphatic carbocycles. The van der Waals surface area contributed by atoms with Crippen LogP contribution in [0, 0.1) is 0 Å². The Balaban J connectivity index is 1.60. The van der Waals surface area contributed by atoms with Gasteiger partial charge in [0.2, 0.25) is 0 Å². The maximum absolute atomic E-state index is 12.0. The van der Waals surface area contributed by atoms with E-state index in [0.29, 0.717) is 12.4 Å². The molecule has 2 heterocycles. The second-order valence-electron chi connectivity index (χ2n) is 8.83. The third kappa shape index (κ3) is 2.32. The molecule has 158 valence electrons. The monoisotopic (exact) mass is 402 g/mol. The Labute approximate surface area is 171 Å². The van der Waals surface area contributed by atoms with Crippen LogP contribution in [0.5, 0.6) is 11.5 Å². The topological polar surface area (TPSA) is 80.3 Å². The summed E-state index contributed by atoms with van der Waals surface area (Å²) in [6.45, 7) is 3.30. The summed E-state index contributed by atoms with van der Waals surface area (Å²) in [4.78, 5) is 14.4. The van der Waals surface area contributed by atoms with E-state index in [1.54, 1.807) is 6.07 Å². The fourth-order valence-electron chi connectivity index (χ4n) is 6.78. The summed E-state index contributed by atoms with van der Waals surface area (Å²) >= 11 is 0. The number of phenolic OH excluding ortho intramolecular Hbond substituents is 1. The number of likely N-dealkylation sites (N-methyl/N-ethyl adjacent to an activating group) is 1. The van der Waals surface area contributed by atoms with Crippen LogP contribution in [0.2, 0.25) is 0 Å². The van der Waals surface area contributed by atoms with Crippen molar-refractivity contribution in [2.75, 3.05) is 33.9 Å². The largest absolute Gasteiger partial charge is 0.504 e. The summed E-state index contributed by atoms with van der Waals surface area (Å²) < 4.78 is 18.0. The van der Waals surface area contributed by atoms with Gasteiger partial charge in [0, 0.05) is 24.8 Å². The molecule has 29 heavy (non-hydrogen) atoms. The van der Waals surface area contributed by atoms with Gasteiger partial charge in [-0.2, -0.15) is 0 Å². The number of methoxy groups -OCH3 is 1. The maximum atomic E-state index is 12.0. The molecule has 1 unspecified atom stereocenters.